The van der Waals surface area contributed by atoms with Crippen LogP contribution in [0.5, 0.6) is 0 Å². The van der Waals surface area contributed by atoms with Crippen molar-refractivity contribution in [3.8, 4) is 0 Å². The van der Waals surface area contributed by atoms with Gasteiger partial charge in [-0.15, -0.1) is 0 Å². The van der Waals surface area contributed by atoms with E-state index in [1.165, 1.54) is 48.6 Å². The summed E-state index contributed by atoms with van der Waals surface area (Å²) in [7, 11) is -9.05. The maximum atomic E-state index is 11.9. The van der Waals surface area contributed by atoms with Gasteiger partial charge in [-0.05, 0) is 53.8 Å². The van der Waals surface area contributed by atoms with Crippen LogP contribution in [0.3, 0.4) is 0 Å². The molecule has 0 spiro atoms. The largest absolute Gasteiger partial charge is 0.297 e. The molecule has 0 radical (unpaired) electrons. The second-order valence-corrected chi connectivity index (χ2v) is 8.26. The summed E-state index contributed by atoms with van der Waals surface area (Å²) in [5, 5.41) is 4.10. The number of aliphatic imine (C=N–C) groups is 2. The highest BCUT2D eigenvalue weighted by Crippen LogP contribution is 2.37. The summed E-state index contributed by atoms with van der Waals surface area (Å²) in [4.78, 5) is 6.52. The van der Waals surface area contributed by atoms with Crippen molar-refractivity contribution in [3.63, 3.8) is 0 Å². The lowest BCUT2D eigenvalue weighted by molar-refractivity contribution is 0.481. The van der Waals surface area contributed by atoms with Gasteiger partial charge in [0.05, 0.1) is 15.2 Å². The minimum atomic E-state index is -4.72. The van der Waals surface area contributed by atoms with Gasteiger partial charge in [0.1, 0.15) is 16.3 Å². The fraction of sp³-hybridized carbons (Fsp3) is 0. The molecule has 0 unspecified atom stereocenters. The minimum Gasteiger partial charge on any atom is -0.282 e. The lowest BCUT2D eigenvalue weighted by Crippen LogP contribution is -2.01. The van der Waals surface area contributed by atoms with Crippen molar-refractivity contribution in [2.75, 3.05) is 0 Å². The first-order valence-electron chi connectivity index (χ1n) is 7.14. The molecule has 0 heterocycles. The molecule has 2 aromatic rings. The lowest BCUT2D eigenvalue weighted by Gasteiger charge is -2.08. The zero-order valence-corrected chi connectivity index (χ0v) is 16.9. The molecule has 0 saturated heterocycles. The SMILES string of the molecule is O=S(=O)(O)c1ccc(C=Cc2ccc(N=C=S)c(N=C=S)c2S(=O)(=O)O)cc1. The first-order valence-corrected chi connectivity index (χ1v) is 10.8. The predicted molar refractivity (Wildman–Crippen MR) is 111 cm³/mol. The molecule has 2 rings (SSSR count). The van der Waals surface area contributed by atoms with Crippen molar-refractivity contribution in [1.82, 2.24) is 0 Å². The normalized spacial score (nSPS) is 11.6. The average molecular weight is 455 g/mol. The standard InChI is InChI=1S/C16H10N2O6S4/c19-27(20,21)13-6-2-11(3-7-13)1-4-12-5-8-14(17-9-25)15(18-10-26)16(12)28(22,23)24/h1-8H,(H,19,20,21)(H,22,23,24). The third kappa shape index (κ3) is 5.32. The van der Waals surface area contributed by atoms with Gasteiger partial charge in [-0.3, -0.25) is 9.11 Å². The highest BCUT2D eigenvalue weighted by atomic mass is 32.2. The second-order valence-electron chi connectivity index (χ2n) is 5.11. The predicted octanol–water partition coefficient (Wildman–Crippen LogP) is 3.82. The first kappa shape index (κ1) is 21.9. The van der Waals surface area contributed by atoms with Gasteiger partial charge in [-0.2, -0.15) is 26.8 Å². The van der Waals surface area contributed by atoms with Crippen LogP contribution in [0.15, 0.2) is 56.2 Å². The fourth-order valence-electron chi connectivity index (χ4n) is 2.21. The summed E-state index contributed by atoms with van der Waals surface area (Å²) in [5.41, 5.74) is 0.330. The number of isothiocyanates is 2. The van der Waals surface area contributed by atoms with Gasteiger partial charge in [0.2, 0.25) is 0 Å². The van der Waals surface area contributed by atoms with Crippen LogP contribution in [-0.2, 0) is 20.2 Å². The van der Waals surface area contributed by atoms with E-state index in [1.54, 1.807) is 0 Å². The van der Waals surface area contributed by atoms with Crippen molar-refractivity contribution < 1.29 is 25.9 Å². The Morgan fingerprint density at radius 2 is 1.43 bits per heavy atom. The summed E-state index contributed by atoms with van der Waals surface area (Å²) >= 11 is 9.03. The van der Waals surface area contributed by atoms with Gasteiger partial charge in [0.25, 0.3) is 20.2 Å². The molecule has 0 amide bonds. The molecule has 0 atom stereocenters. The topological polar surface area (TPSA) is 133 Å². The molecule has 12 heteroatoms. The Balaban J connectivity index is 2.62. The van der Waals surface area contributed by atoms with Crippen LogP contribution < -0.4 is 0 Å². The molecule has 2 aromatic carbocycles. The molecule has 0 fully saturated rings. The van der Waals surface area contributed by atoms with Crippen molar-refractivity contribution in [2.45, 2.75) is 9.79 Å². The zero-order chi connectivity index (χ0) is 20.9. The quantitative estimate of drug-likeness (QED) is 0.291. The molecule has 0 aliphatic carbocycles. The molecule has 2 N–H and O–H groups in total. The van der Waals surface area contributed by atoms with E-state index in [0.717, 1.165) is 0 Å². The Morgan fingerprint density at radius 3 is 1.93 bits per heavy atom. The van der Waals surface area contributed by atoms with Gasteiger partial charge in [-0.25, -0.2) is 0 Å². The monoisotopic (exact) mass is 454 g/mol. The molecular weight excluding hydrogens is 444 g/mol. The Hall–Kier alpha value is -2.40. The van der Waals surface area contributed by atoms with E-state index < -0.39 is 25.1 Å². The Kier molecular flexibility index (Phi) is 6.83. The van der Waals surface area contributed by atoms with Gasteiger partial charge < -0.3 is 0 Å². The summed E-state index contributed by atoms with van der Waals surface area (Å²) in [6.07, 6.45) is 2.82. The number of hydrogen-bond donors (Lipinski definition) is 2. The molecule has 0 aromatic heterocycles. The van der Waals surface area contributed by atoms with E-state index >= 15 is 0 Å². The van der Waals surface area contributed by atoms with E-state index in [1.807, 2.05) is 5.16 Å². The number of nitrogens with zero attached hydrogens (tertiary/aromatic N) is 2. The van der Waals surface area contributed by atoms with Crippen LogP contribution in [0, 0.1) is 0 Å². The Labute approximate surface area is 171 Å². The third-order valence-electron chi connectivity index (χ3n) is 3.36. The van der Waals surface area contributed by atoms with E-state index in [2.05, 4.69) is 39.6 Å². The summed E-state index contributed by atoms with van der Waals surface area (Å²) < 4.78 is 64.5. The summed E-state index contributed by atoms with van der Waals surface area (Å²) in [6.45, 7) is 0. The van der Waals surface area contributed by atoms with Gasteiger partial charge >= 0.3 is 0 Å². The van der Waals surface area contributed by atoms with Crippen LogP contribution in [0.25, 0.3) is 12.2 Å². The van der Waals surface area contributed by atoms with Gasteiger partial charge in [0.15, 0.2) is 0 Å². The summed E-state index contributed by atoms with van der Waals surface area (Å²) in [6, 6.07) is 7.91. The number of thiocarbonyl (C=S) groups is 2. The Morgan fingerprint density at radius 1 is 0.821 bits per heavy atom. The van der Waals surface area contributed by atoms with Crippen molar-refractivity contribution in [2.24, 2.45) is 9.98 Å². The second kappa shape index (κ2) is 8.74. The van der Waals surface area contributed by atoms with Crippen molar-refractivity contribution in [3.05, 3.63) is 47.5 Å². The molecule has 0 saturated carbocycles. The van der Waals surface area contributed by atoms with E-state index in [-0.39, 0.29) is 21.8 Å². The molecule has 0 aliphatic heterocycles. The van der Waals surface area contributed by atoms with Crippen LogP contribution in [0.1, 0.15) is 11.1 Å². The van der Waals surface area contributed by atoms with Crippen molar-refractivity contribution >= 4 is 78.5 Å². The van der Waals surface area contributed by atoms with Gasteiger partial charge in [-0.1, -0.05) is 30.4 Å². The maximum Gasteiger partial charge on any atom is 0.297 e. The van der Waals surface area contributed by atoms with Crippen LogP contribution in [0.2, 0.25) is 0 Å². The maximum absolute atomic E-state index is 11.9. The summed E-state index contributed by atoms with van der Waals surface area (Å²) in [5.74, 6) is 0. The van der Waals surface area contributed by atoms with Crippen molar-refractivity contribution in [1.29, 1.82) is 0 Å². The number of benzene rings is 2. The van der Waals surface area contributed by atoms with Crippen LogP contribution in [-0.4, -0.2) is 36.3 Å². The minimum absolute atomic E-state index is 0.0228. The highest BCUT2D eigenvalue weighted by molar-refractivity contribution is 7.86. The first-order chi connectivity index (χ1) is 13.1. The smallest absolute Gasteiger partial charge is 0.282 e. The van der Waals surface area contributed by atoms with Gasteiger partial charge in [0, 0.05) is 0 Å². The third-order valence-corrected chi connectivity index (χ3v) is 5.35. The zero-order valence-electron chi connectivity index (χ0n) is 13.7. The highest BCUT2D eigenvalue weighted by Gasteiger charge is 2.22. The average Bonchev–Trinajstić information content (AvgIpc) is 2.60. The molecule has 8 nitrogen and oxygen atoms in total. The molecule has 28 heavy (non-hydrogen) atoms. The molecule has 0 aliphatic rings. The number of rotatable bonds is 6. The Bertz CT molecular complexity index is 1250. The fourth-order valence-corrected chi connectivity index (χ4v) is 3.71. The molecule has 0 bridgehead atoms. The molecule has 144 valence electrons. The van der Waals surface area contributed by atoms with E-state index in [4.69, 9.17) is 4.55 Å². The molecular formula is C16H10N2O6S4. The lowest BCUT2D eigenvalue weighted by atomic mass is 10.1. The van der Waals surface area contributed by atoms with E-state index in [9.17, 15) is 21.4 Å². The van der Waals surface area contributed by atoms with Crippen LogP contribution in [0.4, 0.5) is 11.4 Å². The van der Waals surface area contributed by atoms with Crippen LogP contribution >= 0.6 is 24.4 Å². The van der Waals surface area contributed by atoms with E-state index in [0.29, 0.717) is 5.56 Å². The number of hydrogen-bond acceptors (Lipinski definition) is 8.